The van der Waals surface area contributed by atoms with Gasteiger partial charge in [-0.15, -0.1) is 0 Å². The van der Waals surface area contributed by atoms with E-state index in [1.54, 1.807) is 19.1 Å². The van der Waals surface area contributed by atoms with Crippen molar-refractivity contribution >= 4 is 27.3 Å². The van der Waals surface area contributed by atoms with E-state index in [9.17, 15) is 8.42 Å². The van der Waals surface area contributed by atoms with Gasteiger partial charge in [0.15, 0.2) is 9.84 Å². The summed E-state index contributed by atoms with van der Waals surface area (Å²) in [6.07, 6.45) is 3.40. The Morgan fingerprint density at radius 3 is 2.30 bits per heavy atom. The van der Waals surface area contributed by atoms with Gasteiger partial charge >= 0.3 is 0 Å². The molecule has 0 unspecified atom stereocenters. The molecule has 0 saturated carbocycles. The van der Waals surface area contributed by atoms with Gasteiger partial charge in [0, 0.05) is 31.7 Å². The third-order valence-electron chi connectivity index (χ3n) is 4.37. The second-order valence-corrected chi connectivity index (χ2v) is 9.03. The molecular weight excluding hydrogens is 444 g/mol. The highest BCUT2D eigenvalue weighted by Crippen LogP contribution is 2.23. The molecule has 11 heteroatoms. The van der Waals surface area contributed by atoms with Crippen LogP contribution in [0.15, 0.2) is 70.2 Å². The molecule has 4 rings (SSSR count). The van der Waals surface area contributed by atoms with Crippen LogP contribution < -0.4 is 11.1 Å². The number of aryl methyl sites for hydroxylation is 1. The molecule has 0 aliphatic rings. The van der Waals surface area contributed by atoms with Crippen molar-refractivity contribution in [2.45, 2.75) is 18.2 Å². The minimum absolute atomic E-state index is 0.195. The van der Waals surface area contributed by atoms with Crippen LogP contribution in [0.1, 0.15) is 11.5 Å². The lowest BCUT2D eigenvalue weighted by Crippen LogP contribution is -2.03. The van der Waals surface area contributed by atoms with Crippen LogP contribution in [-0.4, -0.2) is 46.5 Å². The Bertz CT molecular complexity index is 1290. The van der Waals surface area contributed by atoms with Crippen LogP contribution in [0.25, 0.3) is 11.4 Å². The van der Waals surface area contributed by atoms with Gasteiger partial charge in [0.25, 0.3) is 0 Å². The highest BCUT2D eigenvalue weighted by Gasteiger charge is 2.12. The van der Waals surface area contributed by atoms with Crippen molar-refractivity contribution in [1.82, 2.24) is 20.1 Å². The number of anilines is 3. The summed E-state index contributed by atoms with van der Waals surface area (Å²) >= 11 is 0. The minimum atomic E-state index is -3.24. The van der Waals surface area contributed by atoms with Gasteiger partial charge in [-0.3, -0.25) is 0 Å². The maximum absolute atomic E-state index is 11.4. The standard InChI is InChI=1S/C14H14N6O3S.C8H10O/c1-8-17-13(20-23-8)11-7-16-14(19-12(11)15)18-9-3-5-10(6-4-9)24(2,21)22;9-7-6-8-4-2-1-3-5-8/h3-7H,1-2H3,(H3,15,16,18,19);1-5,9H,6-7H2. The van der Waals surface area contributed by atoms with Crippen molar-refractivity contribution in [3.63, 3.8) is 0 Å². The van der Waals surface area contributed by atoms with Crippen LogP contribution in [0.5, 0.6) is 0 Å². The number of nitrogens with zero attached hydrogens (tertiary/aromatic N) is 4. The summed E-state index contributed by atoms with van der Waals surface area (Å²) in [7, 11) is -3.24. The first-order valence-corrected chi connectivity index (χ1v) is 11.8. The number of hydrogen-bond donors (Lipinski definition) is 3. The van der Waals surface area contributed by atoms with Crippen molar-refractivity contribution in [2.75, 3.05) is 23.9 Å². The van der Waals surface area contributed by atoms with Gasteiger partial charge in [-0.2, -0.15) is 9.97 Å². The first kappa shape index (κ1) is 23.8. The molecule has 2 heterocycles. The van der Waals surface area contributed by atoms with Crippen molar-refractivity contribution in [1.29, 1.82) is 0 Å². The van der Waals surface area contributed by atoms with Crippen molar-refractivity contribution in [3.05, 3.63) is 72.2 Å². The molecule has 0 aliphatic heterocycles. The molecule has 2 aromatic carbocycles. The smallest absolute Gasteiger partial charge is 0.229 e. The predicted octanol–water partition coefficient (Wildman–Crippen LogP) is 2.79. The van der Waals surface area contributed by atoms with Crippen LogP contribution in [0.4, 0.5) is 17.5 Å². The van der Waals surface area contributed by atoms with Crippen molar-refractivity contribution in [2.24, 2.45) is 0 Å². The number of aliphatic hydroxyl groups is 1. The number of benzene rings is 2. The number of aromatic nitrogens is 4. The zero-order valence-electron chi connectivity index (χ0n) is 18.1. The number of nitrogens with two attached hydrogens (primary N) is 1. The maximum atomic E-state index is 11.4. The number of nitrogens with one attached hydrogen (secondary N) is 1. The molecule has 33 heavy (non-hydrogen) atoms. The third kappa shape index (κ3) is 6.82. The Morgan fingerprint density at radius 1 is 1.06 bits per heavy atom. The van der Waals surface area contributed by atoms with Crippen LogP contribution in [0, 0.1) is 6.92 Å². The fourth-order valence-electron chi connectivity index (χ4n) is 2.72. The highest BCUT2D eigenvalue weighted by molar-refractivity contribution is 7.90. The van der Waals surface area contributed by atoms with E-state index in [2.05, 4.69) is 25.4 Å². The van der Waals surface area contributed by atoms with Gasteiger partial charge in [0.1, 0.15) is 5.82 Å². The zero-order valence-corrected chi connectivity index (χ0v) is 19.0. The lowest BCUT2D eigenvalue weighted by atomic mass is 10.2. The van der Waals surface area contributed by atoms with Gasteiger partial charge in [0.2, 0.25) is 17.7 Å². The molecule has 4 aromatic rings. The summed E-state index contributed by atoms with van der Waals surface area (Å²) in [5.41, 5.74) is 8.19. The molecule has 0 amide bonds. The van der Waals surface area contributed by atoms with E-state index >= 15 is 0 Å². The molecule has 0 spiro atoms. The summed E-state index contributed by atoms with van der Waals surface area (Å²) in [6, 6.07) is 16.2. The molecule has 0 radical (unpaired) electrons. The second-order valence-electron chi connectivity index (χ2n) is 7.01. The molecule has 4 N–H and O–H groups in total. The molecule has 0 aliphatic carbocycles. The second kappa shape index (κ2) is 10.7. The number of aliphatic hydroxyl groups excluding tert-OH is 1. The summed E-state index contributed by atoms with van der Waals surface area (Å²) in [5, 5.41) is 15.2. The van der Waals surface area contributed by atoms with E-state index in [0.29, 0.717) is 23.0 Å². The predicted molar refractivity (Wildman–Crippen MR) is 125 cm³/mol. The quantitative estimate of drug-likeness (QED) is 0.384. The van der Waals surface area contributed by atoms with Gasteiger partial charge in [-0.05, 0) is 36.2 Å². The molecule has 0 saturated heterocycles. The van der Waals surface area contributed by atoms with E-state index in [-0.39, 0.29) is 23.3 Å². The number of nitrogen functional groups attached to an aromatic ring is 1. The third-order valence-corrected chi connectivity index (χ3v) is 5.50. The van der Waals surface area contributed by atoms with Gasteiger partial charge in [-0.1, -0.05) is 35.5 Å². The van der Waals surface area contributed by atoms with Gasteiger partial charge < -0.3 is 20.7 Å². The van der Waals surface area contributed by atoms with Crippen LogP contribution >= 0.6 is 0 Å². The normalized spacial score (nSPS) is 10.9. The van der Waals surface area contributed by atoms with Crippen molar-refractivity contribution < 1.29 is 18.0 Å². The SMILES string of the molecule is Cc1nc(-c2cnc(Nc3ccc(S(C)(=O)=O)cc3)nc2N)no1.OCCc1ccccc1. The Balaban J connectivity index is 0.000000286. The average molecular weight is 469 g/mol. The lowest BCUT2D eigenvalue weighted by molar-refractivity contribution is 0.299. The molecule has 0 atom stereocenters. The highest BCUT2D eigenvalue weighted by atomic mass is 32.2. The van der Waals surface area contributed by atoms with E-state index in [0.717, 1.165) is 12.7 Å². The van der Waals surface area contributed by atoms with Gasteiger partial charge in [-0.25, -0.2) is 13.4 Å². The van der Waals surface area contributed by atoms with E-state index in [4.69, 9.17) is 15.4 Å². The number of rotatable bonds is 6. The fraction of sp³-hybridized carbons (Fsp3) is 0.182. The maximum Gasteiger partial charge on any atom is 0.229 e. The largest absolute Gasteiger partial charge is 0.396 e. The Labute approximate surface area is 191 Å². The first-order chi connectivity index (χ1) is 15.8. The Morgan fingerprint density at radius 2 is 1.76 bits per heavy atom. The van der Waals surface area contributed by atoms with Gasteiger partial charge in [0.05, 0.1) is 10.5 Å². The topological polar surface area (TPSA) is 157 Å². The summed E-state index contributed by atoms with van der Waals surface area (Å²) in [6.45, 7) is 1.91. The number of sulfone groups is 1. The van der Waals surface area contributed by atoms with Crippen LogP contribution in [-0.2, 0) is 16.3 Å². The van der Waals surface area contributed by atoms with Crippen LogP contribution in [0.3, 0.4) is 0 Å². The first-order valence-electron chi connectivity index (χ1n) is 9.91. The van der Waals surface area contributed by atoms with Crippen molar-refractivity contribution in [3.8, 4) is 11.4 Å². The molecular formula is C22H24N6O4S. The van der Waals surface area contributed by atoms with Crippen LogP contribution in [0.2, 0.25) is 0 Å². The average Bonchev–Trinajstić information content (AvgIpc) is 3.21. The lowest BCUT2D eigenvalue weighted by Gasteiger charge is -2.07. The Hall–Kier alpha value is -3.83. The zero-order chi connectivity index (χ0) is 23.8. The molecule has 0 fully saturated rings. The summed E-state index contributed by atoms with van der Waals surface area (Å²) in [5.74, 6) is 1.19. The fourth-order valence-corrected chi connectivity index (χ4v) is 3.35. The van der Waals surface area contributed by atoms with E-state index < -0.39 is 9.84 Å². The number of hydrogen-bond acceptors (Lipinski definition) is 10. The summed E-state index contributed by atoms with van der Waals surface area (Å²) < 4.78 is 27.8. The molecule has 172 valence electrons. The Kier molecular flexibility index (Phi) is 7.70. The molecule has 10 nitrogen and oxygen atoms in total. The molecule has 2 aromatic heterocycles. The minimum Gasteiger partial charge on any atom is -0.396 e. The molecule has 0 bridgehead atoms. The summed E-state index contributed by atoms with van der Waals surface area (Å²) in [4.78, 5) is 12.6. The van der Waals surface area contributed by atoms with E-state index in [1.807, 2.05) is 30.3 Å². The monoisotopic (exact) mass is 468 g/mol. The van der Waals surface area contributed by atoms with E-state index in [1.165, 1.54) is 23.9 Å².